The lowest BCUT2D eigenvalue weighted by Gasteiger charge is -2.11. The molecule has 0 saturated heterocycles. The zero-order chi connectivity index (χ0) is 11.7. The molecule has 0 saturated carbocycles. The van der Waals surface area contributed by atoms with Crippen LogP contribution in [0.3, 0.4) is 0 Å². The number of carboxylic acids is 1. The van der Waals surface area contributed by atoms with Crippen LogP contribution in [-0.2, 0) is 22.7 Å². The van der Waals surface area contributed by atoms with Crippen molar-refractivity contribution >= 4 is 5.97 Å². The fraction of sp³-hybridized carbons (Fsp3) is 0.667. The van der Waals surface area contributed by atoms with Crippen molar-refractivity contribution < 1.29 is 14.6 Å². The summed E-state index contributed by atoms with van der Waals surface area (Å²) in [5.74, 6) is -0.545. The van der Waals surface area contributed by atoms with Gasteiger partial charge in [-0.25, -0.2) is 9.59 Å². The molecule has 16 heavy (non-hydrogen) atoms. The molecular weight excluding hydrogens is 214 g/mol. The van der Waals surface area contributed by atoms with Crippen LogP contribution in [0.15, 0.2) is 4.79 Å². The van der Waals surface area contributed by atoms with Crippen molar-refractivity contribution in [3.8, 4) is 0 Å². The Kier molecular flexibility index (Phi) is 2.78. The average Bonchev–Trinajstić information content (AvgIpc) is 2.58. The molecule has 0 radical (unpaired) electrons. The monoisotopic (exact) mass is 227 g/mol. The van der Waals surface area contributed by atoms with Gasteiger partial charge in [0.15, 0.2) is 11.9 Å². The summed E-state index contributed by atoms with van der Waals surface area (Å²) < 4.78 is 7.66. The standard InChI is InChI=1S/C9H13N3O4/c1-2-6(8(13)14)12-9(15)11-3-4-16-5-7(11)10-12/h6H,2-5H2,1H3,(H,13,14). The van der Waals surface area contributed by atoms with Crippen LogP contribution in [0.25, 0.3) is 0 Å². The fourth-order valence-corrected chi connectivity index (χ4v) is 1.76. The summed E-state index contributed by atoms with van der Waals surface area (Å²) >= 11 is 0. The molecule has 1 unspecified atom stereocenters. The van der Waals surface area contributed by atoms with Crippen LogP contribution in [0.5, 0.6) is 0 Å². The van der Waals surface area contributed by atoms with Gasteiger partial charge >= 0.3 is 11.7 Å². The molecule has 7 heteroatoms. The van der Waals surface area contributed by atoms with Crippen LogP contribution < -0.4 is 5.69 Å². The summed E-state index contributed by atoms with van der Waals surface area (Å²) in [4.78, 5) is 22.8. The Morgan fingerprint density at radius 1 is 1.69 bits per heavy atom. The molecule has 2 rings (SSSR count). The van der Waals surface area contributed by atoms with E-state index < -0.39 is 12.0 Å². The molecule has 0 amide bonds. The Labute approximate surface area is 91.2 Å². The number of hydrogen-bond acceptors (Lipinski definition) is 4. The molecule has 0 aromatic carbocycles. The van der Waals surface area contributed by atoms with E-state index in [1.165, 1.54) is 4.57 Å². The first-order valence-electron chi connectivity index (χ1n) is 5.14. The van der Waals surface area contributed by atoms with Gasteiger partial charge in [0.1, 0.15) is 6.61 Å². The maximum absolute atomic E-state index is 11.9. The summed E-state index contributed by atoms with van der Waals surface area (Å²) in [7, 11) is 0. The smallest absolute Gasteiger partial charge is 0.346 e. The first-order valence-corrected chi connectivity index (χ1v) is 5.14. The number of rotatable bonds is 3. The molecule has 0 bridgehead atoms. The van der Waals surface area contributed by atoms with Gasteiger partial charge in [-0.1, -0.05) is 6.92 Å². The van der Waals surface area contributed by atoms with Crippen molar-refractivity contribution in [1.82, 2.24) is 14.3 Å². The van der Waals surface area contributed by atoms with E-state index in [0.717, 1.165) is 4.68 Å². The van der Waals surface area contributed by atoms with E-state index in [1.807, 2.05) is 0 Å². The number of nitrogens with zero attached hydrogens (tertiary/aromatic N) is 3. The Hall–Kier alpha value is -1.63. The first-order chi connectivity index (χ1) is 7.65. The lowest BCUT2D eigenvalue weighted by Crippen LogP contribution is -2.33. The third-order valence-electron chi connectivity index (χ3n) is 2.62. The van der Waals surface area contributed by atoms with Crippen molar-refractivity contribution in [1.29, 1.82) is 0 Å². The molecule has 2 heterocycles. The Morgan fingerprint density at radius 3 is 3.00 bits per heavy atom. The lowest BCUT2D eigenvalue weighted by molar-refractivity contribution is -0.141. The van der Waals surface area contributed by atoms with Gasteiger partial charge in [0.05, 0.1) is 13.2 Å². The number of carboxylic acid groups (broad SMARTS) is 1. The van der Waals surface area contributed by atoms with Gasteiger partial charge in [-0.3, -0.25) is 4.57 Å². The van der Waals surface area contributed by atoms with Crippen LogP contribution in [0, 0.1) is 0 Å². The predicted molar refractivity (Wildman–Crippen MR) is 53.1 cm³/mol. The quantitative estimate of drug-likeness (QED) is 0.760. The fourth-order valence-electron chi connectivity index (χ4n) is 1.76. The lowest BCUT2D eigenvalue weighted by atomic mass is 10.2. The summed E-state index contributed by atoms with van der Waals surface area (Å²) in [6.07, 6.45) is 0.326. The maximum Gasteiger partial charge on any atom is 0.346 e. The summed E-state index contributed by atoms with van der Waals surface area (Å²) in [6.45, 7) is 2.87. The normalized spacial score (nSPS) is 16.8. The highest BCUT2D eigenvalue weighted by molar-refractivity contribution is 5.71. The highest BCUT2D eigenvalue weighted by Crippen LogP contribution is 2.10. The maximum atomic E-state index is 11.9. The van der Waals surface area contributed by atoms with Crippen molar-refractivity contribution in [2.75, 3.05) is 6.61 Å². The molecule has 1 aromatic heterocycles. The van der Waals surface area contributed by atoms with Crippen LogP contribution >= 0.6 is 0 Å². The van der Waals surface area contributed by atoms with Crippen LogP contribution in [-0.4, -0.2) is 32.0 Å². The first kappa shape index (κ1) is 10.9. The zero-order valence-corrected chi connectivity index (χ0v) is 8.92. The Balaban J connectivity index is 2.45. The van der Waals surface area contributed by atoms with Gasteiger partial charge in [-0.15, -0.1) is 0 Å². The molecule has 1 aromatic rings. The van der Waals surface area contributed by atoms with E-state index in [4.69, 9.17) is 9.84 Å². The van der Waals surface area contributed by atoms with Gasteiger partial charge in [-0.05, 0) is 6.42 Å². The summed E-state index contributed by atoms with van der Waals surface area (Å²) in [5, 5.41) is 13.0. The molecule has 88 valence electrons. The third-order valence-corrected chi connectivity index (χ3v) is 2.62. The molecule has 0 aliphatic carbocycles. The second kappa shape index (κ2) is 4.09. The van der Waals surface area contributed by atoms with E-state index in [9.17, 15) is 9.59 Å². The molecular formula is C9H13N3O4. The topological polar surface area (TPSA) is 86.4 Å². The summed E-state index contributed by atoms with van der Waals surface area (Å²) in [5.41, 5.74) is -0.368. The average molecular weight is 227 g/mol. The number of aliphatic carboxylic acids is 1. The minimum Gasteiger partial charge on any atom is -0.480 e. The Bertz CT molecular complexity index is 462. The zero-order valence-electron chi connectivity index (χ0n) is 8.92. The number of carbonyl (C=O) groups is 1. The van der Waals surface area contributed by atoms with Gasteiger partial charge in [0.25, 0.3) is 0 Å². The number of ether oxygens (including phenoxy) is 1. The Morgan fingerprint density at radius 2 is 2.44 bits per heavy atom. The highest BCUT2D eigenvalue weighted by Gasteiger charge is 2.25. The molecule has 0 fully saturated rings. The molecule has 1 aliphatic heterocycles. The van der Waals surface area contributed by atoms with Crippen molar-refractivity contribution in [2.24, 2.45) is 0 Å². The largest absolute Gasteiger partial charge is 0.480 e. The van der Waals surface area contributed by atoms with Gasteiger partial charge in [-0.2, -0.15) is 9.78 Å². The molecule has 1 aliphatic rings. The minimum atomic E-state index is -1.04. The number of hydrogen-bond donors (Lipinski definition) is 1. The van der Waals surface area contributed by atoms with Crippen LogP contribution in [0.1, 0.15) is 25.2 Å². The number of fused-ring (bicyclic) bond motifs is 1. The minimum absolute atomic E-state index is 0.262. The van der Waals surface area contributed by atoms with Crippen molar-refractivity contribution in [3.05, 3.63) is 16.3 Å². The molecule has 1 N–H and O–H groups in total. The van der Waals surface area contributed by atoms with E-state index in [2.05, 4.69) is 5.10 Å². The SMILES string of the molecule is CCC(C(=O)O)n1nc2n(c1=O)CCOC2. The second-order valence-corrected chi connectivity index (χ2v) is 3.61. The molecule has 0 spiro atoms. The number of aromatic nitrogens is 3. The highest BCUT2D eigenvalue weighted by atomic mass is 16.5. The predicted octanol–water partition coefficient (Wildman–Crippen LogP) is -0.389. The van der Waals surface area contributed by atoms with E-state index in [1.54, 1.807) is 6.92 Å². The third kappa shape index (κ3) is 1.63. The van der Waals surface area contributed by atoms with E-state index >= 15 is 0 Å². The van der Waals surface area contributed by atoms with Gasteiger partial charge in [0.2, 0.25) is 0 Å². The molecule has 7 nitrogen and oxygen atoms in total. The summed E-state index contributed by atoms with van der Waals surface area (Å²) in [6, 6.07) is -0.898. The van der Waals surface area contributed by atoms with Gasteiger partial charge < -0.3 is 9.84 Å². The van der Waals surface area contributed by atoms with Crippen molar-refractivity contribution in [2.45, 2.75) is 32.5 Å². The molecule has 1 atom stereocenters. The van der Waals surface area contributed by atoms with Gasteiger partial charge in [0, 0.05) is 0 Å². The van der Waals surface area contributed by atoms with Crippen LogP contribution in [0.4, 0.5) is 0 Å². The van der Waals surface area contributed by atoms with Crippen LogP contribution in [0.2, 0.25) is 0 Å². The van der Waals surface area contributed by atoms with Crippen molar-refractivity contribution in [3.63, 3.8) is 0 Å². The van der Waals surface area contributed by atoms with E-state index in [-0.39, 0.29) is 12.3 Å². The van der Waals surface area contributed by atoms with E-state index in [0.29, 0.717) is 25.4 Å². The second-order valence-electron chi connectivity index (χ2n) is 3.61.